The monoisotopic (exact) mass is 528 g/mol. The lowest BCUT2D eigenvalue weighted by Gasteiger charge is -2.29. The highest BCUT2D eigenvalue weighted by molar-refractivity contribution is 5.76. The average Bonchev–Trinajstić information content (AvgIpc) is 3.37. The van der Waals surface area contributed by atoms with Gasteiger partial charge in [-0.3, -0.25) is 14.7 Å². The van der Waals surface area contributed by atoms with Gasteiger partial charge in [-0.2, -0.15) is 0 Å². The molecule has 3 aliphatic rings. The number of nitrogens with one attached hydrogen (secondary N) is 1. The lowest BCUT2D eigenvalue weighted by Crippen LogP contribution is -2.36. The largest absolute Gasteiger partial charge is 0.480 e. The van der Waals surface area contributed by atoms with Crippen molar-refractivity contribution in [2.45, 2.75) is 88.9 Å². The Balaban J connectivity index is 1.15. The highest BCUT2D eigenvalue weighted by Crippen LogP contribution is 2.40. The van der Waals surface area contributed by atoms with Crippen LogP contribution in [0.4, 0.5) is 14.6 Å². The van der Waals surface area contributed by atoms with Crippen molar-refractivity contribution in [3.63, 3.8) is 0 Å². The second-order valence-electron chi connectivity index (χ2n) is 10.9. The summed E-state index contributed by atoms with van der Waals surface area (Å²) in [6.45, 7) is 1.54. The van der Waals surface area contributed by atoms with Gasteiger partial charge in [0.15, 0.2) is 0 Å². The number of alkyl halides is 2. The highest BCUT2D eigenvalue weighted by atomic mass is 19.3. The third kappa shape index (κ3) is 6.31. The number of hydrogen-bond acceptors (Lipinski definition) is 6. The van der Waals surface area contributed by atoms with Crippen molar-refractivity contribution in [2.75, 3.05) is 25.0 Å². The van der Waals surface area contributed by atoms with E-state index < -0.39 is 23.9 Å². The van der Waals surface area contributed by atoms with Gasteiger partial charge in [-0.1, -0.05) is 12.1 Å². The molecule has 0 radical (unpaired) electrons. The van der Waals surface area contributed by atoms with Gasteiger partial charge in [0.2, 0.25) is 0 Å². The predicted molar refractivity (Wildman–Crippen MR) is 140 cm³/mol. The fourth-order valence-corrected chi connectivity index (χ4v) is 5.79. The van der Waals surface area contributed by atoms with Gasteiger partial charge in [0.1, 0.15) is 11.9 Å². The molecule has 2 aromatic rings. The number of ether oxygens (including phenoxy) is 1. The molecule has 1 saturated heterocycles. The molecule has 2 atom stereocenters. The van der Waals surface area contributed by atoms with Gasteiger partial charge in [-0.25, -0.2) is 13.8 Å². The number of fused-ring (bicyclic) bond motifs is 1. The van der Waals surface area contributed by atoms with Gasteiger partial charge in [0, 0.05) is 42.9 Å². The molecule has 2 aliphatic heterocycles. The summed E-state index contributed by atoms with van der Waals surface area (Å²) in [4.78, 5) is 23.0. The molecule has 2 N–H and O–H groups in total. The van der Waals surface area contributed by atoms with Crippen molar-refractivity contribution in [3.05, 3.63) is 53.0 Å². The van der Waals surface area contributed by atoms with Crippen LogP contribution in [0.15, 0.2) is 30.5 Å². The minimum atomic E-state index is -2.84. The number of carboxylic acids is 1. The van der Waals surface area contributed by atoms with Crippen LogP contribution in [0.2, 0.25) is 0 Å². The van der Waals surface area contributed by atoms with Crippen molar-refractivity contribution < 1.29 is 23.4 Å². The Bertz CT molecular complexity index is 1110. The van der Waals surface area contributed by atoms with E-state index in [1.807, 2.05) is 6.07 Å². The van der Waals surface area contributed by atoms with E-state index in [9.17, 15) is 9.90 Å². The summed E-state index contributed by atoms with van der Waals surface area (Å²) >= 11 is 0. The van der Waals surface area contributed by atoms with Crippen molar-refractivity contribution in [1.82, 2.24) is 14.9 Å². The van der Waals surface area contributed by atoms with Crippen molar-refractivity contribution in [3.8, 4) is 0 Å². The first-order valence-electron chi connectivity index (χ1n) is 14.0. The van der Waals surface area contributed by atoms with E-state index in [0.29, 0.717) is 37.1 Å². The number of pyridine rings is 2. The quantitative estimate of drug-likeness (QED) is 0.357. The number of aliphatic carboxylic acids is 1. The van der Waals surface area contributed by atoms with Crippen LogP contribution in [0.25, 0.3) is 0 Å². The first-order chi connectivity index (χ1) is 18.4. The Labute approximate surface area is 223 Å². The van der Waals surface area contributed by atoms with Gasteiger partial charge in [-0.15, -0.1) is 0 Å². The first-order valence-corrected chi connectivity index (χ1v) is 14.0. The number of carboxylic acid groups (broad SMARTS) is 1. The third-order valence-electron chi connectivity index (χ3n) is 8.29. The maximum absolute atomic E-state index is 15.2. The molecule has 206 valence electrons. The summed E-state index contributed by atoms with van der Waals surface area (Å²) in [5.74, 6) is -3.81. The Morgan fingerprint density at radius 1 is 1.21 bits per heavy atom. The Morgan fingerprint density at radius 3 is 2.87 bits per heavy atom. The number of rotatable bonds is 12. The van der Waals surface area contributed by atoms with Crippen LogP contribution >= 0.6 is 0 Å². The third-order valence-corrected chi connectivity index (χ3v) is 8.29. The van der Waals surface area contributed by atoms with Crippen LogP contribution < -0.4 is 5.32 Å². The topological polar surface area (TPSA) is 87.6 Å². The fraction of sp³-hybridized carbons (Fsp3) is 0.621. The lowest BCUT2D eigenvalue weighted by atomic mass is 9.95. The zero-order chi connectivity index (χ0) is 26.5. The number of aromatic nitrogens is 2. The molecule has 38 heavy (non-hydrogen) atoms. The number of nitrogens with zero attached hydrogens (tertiary/aromatic N) is 3. The van der Waals surface area contributed by atoms with Crippen molar-refractivity contribution in [1.29, 1.82) is 0 Å². The summed E-state index contributed by atoms with van der Waals surface area (Å²) < 4.78 is 36.3. The highest BCUT2D eigenvalue weighted by Gasteiger charge is 2.45. The zero-order valence-corrected chi connectivity index (χ0v) is 21.9. The normalized spacial score (nSPS) is 20.9. The van der Waals surface area contributed by atoms with E-state index >= 15 is 8.78 Å². The first kappa shape index (κ1) is 26.9. The molecule has 0 bridgehead atoms. The van der Waals surface area contributed by atoms with E-state index in [4.69, 9.17) is 4.74 Å². The molecule has 7 nitrogen and oxygen atoms in total. The molecular weight excluding hydrogens is 490 g/mol. The molecule has 5 rings (SSSR count). The van der Waals surface area contributed by atoms with Crippen molar-refractivity contribution in [2.24, 2.45) is 5.92 Å². The molecule has 0 amide bonds. The summed E-state index contributed by atoms with van der Waals surface area (Å²) in [7, 11) is 0. The van der Waals surface area contributed by atoms with E-state index in [1.54, 1.807) is 23.2 Å². The molecule has 0 spiro atoms. The number of hydrogen-bond donors (Lipinski definition) is 2. The molecule has 1 saturated carbocycles. The van der Waals surface area contributed by atoms with E-state index in [1.165, 1.54) is 5.56 Å². The second-order valence-corrected chi connectivity index (χ2v) is 10.9. The molecule has 2 aromatic heterocycles. The lowest BCUT2D eigenvalue weighted by molar-refractivity contribution is -0.143. The average molecular weight is 529 g/mol. The predicted octanol–water partition coefficient (Wildman–Crippen LogP) is 5.40. The van der Waals surface area contributed by atoms with Crippen LogP contribution in [0.1, 0.15) is 79.9 Å². The Hall–Kier alpha value is -2.65. The van der Waals surface area contributed by atoms with Crippen LogP contribution in [0.3, 0.4) is 0 Å². The molecule has 1 unspecified atom stereocenters. The number of likely N-dealkylation sites (tertiary alicyclic amines) is 1. The maximum Gasteiger partial charge on any atom is 0.325 e. The molecule has 4 heterocycles. The summed E-state index contributed by atoms with van der Waals surface area (Å²) in [5, 5.41) is 13.4. The molecule has 9 heteroatoms. The van der Waals surface area contributed by atoms with Gasteiger partial charge < -0.3 is 15.2 Å². The van der Waals surface area contributed by atoms with E-state index in [-0.39, 0.29) is 32.1 Å². The molecule has 1 aliphatic carbocycles. The van der Waals surface area contributed by atoms with Crippen LogP contribution in [-0.2, 0) is 29.0 Å². The SMILES string of the molecule is O=C(O)C(c1cccnc1COC1CCC1)N1CC[C@@H](C(F)(F)CCCCc2ccc3c(n2)NCCC3)C1. The summed E-state index contributed by atoms with van der Waals surface area (Å²) in [6, 6.07) is 6.54. The smallest absolute Gasteiger partial charge is 0.325 e. The van der Waals surface area contributed by atoms with Crippen LogP contribution in [-0.4, -0.2) is 57.6 Å². The molecular formula is C29H38F2N4O3. The van der Waals surface area contributed by atoms with Crippen LogP contribution in [0, 0.1) is 5.92 Å². The minimum Gasteiger partial charge on any atom is -0.480 e. The standard InChI is InChI=1S/C29H38F2N4O3/c30-29(31,14-2-1-7-22-12-11-20-6-4-16-33-27(20)34-22)21-13-17-35(18-21)26(28(36)37)24-10-5-15-32-25(24)19-38-23-8-3-9-23/h5,10-12,15,21,23,26H,1-4,6-9,13-14,16-19H2,(H,33,34)(H,36,37)/t21-,26?/m1/s1. The maximum atomic E-state index is 15.2. The van der Waals surface area contributed by atoms with Gasteiger partial charge >= 0.3 is 5.97 Å². The Kier molecular flexibility index (Phi) is 8.53. The van der Waals surface area contributed by atoms with Crippen LogP contribution in [0.5, 0.6) is 0 Å². The number of halogens is 2. The van der Waals surface area contributed by atoms with Gasteiger partial charge in [-0.05, 0) is 82.0 Å². The van der Waals surface area contributed by atoms with Crippen molar-refractivity contribution >= 4 is 11.8 Å². The second kappa shape index (κ2) is 12.0. The molecule has 2 fully saturated rings. The summed E-state index contributed by atoms with van der Waals surface area (Å²) in [5.41, 5.74) is 3.27. The number of anilines is 1. The van der Waals surface area contributed by atoms with Gasteiger partial charge in [0.25, 0.3) is 5.92 Å². The number of carbonyl (C=O) groups is 1. The van der Waals surface area contributed by atoms with E-state index in [2.05, 4.69) is 21.4 Å². The molecule has 0 aromatic carbocycles. The minimum absolute atomic E-state index is 0.0554. The van der Waals surface area contributed by atoms with Gasteiger partial charge in [0.05, 0.1) is 18.4 Å². The number of aryl methyl sites for hydroxylation is 2. The zero-order valence-electron chi connectivity index (χ0n) is 21.9. The number of unbranched alkanes of at least 4 members (excludes halogenated alkanes) is 1. The Morgan fingerprint density at radius 2 is 2.08 bits per heavy atom. The van der Waals surface area contributed by atoms with E-state index in [0.717, 1.165) is 50.2 Å². The fourth-order valence-electron chi connectivity index (χ4n) is 5.79. The summed E-state index contributed by atoms with van der Waals surface area (Å²) in [6.07, 6.45) is 8.93.